The molecular formula is C19H20N4O4S2. The predicted octanol–water partition coefficient (Wildman–Crippen LogP) is 1.32. The van der Waals surface area contributed by atoms with Crippen molar-refractivity contribution < 1.29 is 18.0 Å². The van der Waals surface area contributed by atoms with Crippen molar-refractivity contribution in [2.75, 3.05) is 13.1 Å². The van der Waals surface area contributed by atoms with Gasteiger partial charge in [0.2, 0.25) is 21.8 Å². The van der Waals surface area contributed by atoms with Gasteiger partial charge >= 0.3 is 0 Å². The summed E-state index contributed by atoms with van der Waals surface area (Å²) in [5.41, 5.74) is 1.80. The van der Waals surface area contributed by atoms with Gasteiger partial charge in [-0.05, 0) is 31.2 Å². The zero-order valence-corrected chi connectivity index (χ0v) is 17.3. The monoisotopic (exact) mass is 432 g/mol. The van der Waals surface area contributed by atoms with Crippen molar-refractivity contribution in [3.8, 4) is 0 Å². The third kappa shape index (κ3) is 5.83. The van der Waals surface area contributed by atoms with E-state index in [9.17, 15) is 18.0 Å². The second-order valence-corrected chi connectivity index (χ2v) is 9.15. The van der Waals surface area contributed by atoms with Gasteiger partial charge in [0, 0.05) is 0 Å². The van der Waals surface area contributed by atoms with Crippen LogP contribution in [0.25, 0.3) is 10.2 Å². The van der Waals surface area contributed by atoms with Crippen molar-refractivity contribution in [2.24, 2.45) is 0 Å². The van der Waals surface area contributed by atoms with Crippen molar-refractivity contribution >= 4 is 43.4 Å². The fourth-order valence-corrected chi connectivity index (χ4v) is 4.32. The zero-order valence-electron chi connectivity index (χ0n) is 15.6. The number of hydrogen-bond donors (Lipinski definition) is 3. The van der Waals surface area contributed by atoms with Crippen molar-refractivity contribution in [1.82, 2.24) is 20.3 Å². The lowest BCUT2D eigenvalue weighted by Crippen LogP contribution is -2.41. The SMILES string of the molecule is Cc1ccc(S(=O)(=O)NCC(=O)NCC(=O)NCc2nc3ccccc3s2)cc1. The van der Waals surface area contributed by atoms with Crippen LogP contribution in [0.2, 0.25) is 0 Å². The smallest absolute Gasteiger partial charge is 0.241 e. The number of rotatable bonds is 8. The summed E-state index contributed by atoms with van der Waals surface area (Å²) in [7, 11) is -3.79. The molecule has 0 aliphatic heterocycles. The molecule has 0 spiro atoms. The third-order valence-corrected chi connectivity index (χ3v) is 6.43. The van der Waals surface area contributed by atoms with Gasteiger partial charge in [-0.3, -0.25) is 9.59 Å². The predicted molar refractivity (Wildman–Crippen MR) is 111 cm³/mol. The van der Waals surface area contributed by atoms with Gasteiger partial charge in [0.05, 0.1) is 34.7 Å². The number of carbonyl (C=O) groups excluding carboxylic acids is 2. The third-order valence-electron chi connectivity index (χ3n) is 3.98. The zero-order chi connectivity index (χ0) is 20.9. The van der Waals surface area contributed by atoms with E-state index in [1.807, 2.05) is 31.2 Å². The number of hydrogen-bond acceptors (Lipinski definition) is 6. The molecular weight excluding hydrogens is 412 g/mol. The molecule has 2 aromatic carbocycles. The van der Waals surface area contributed by atoms with E-state index in [4.69, 9.17) is 0 Å². The van der Waals surface area contributed by atoms with E-state index in [1.165, 1.54) is 23.5 Å². The average Bonchev–Trinajstić information content (AvgIpc) is 3.12. The Labute approximate surface area is 172 Å². The van der Waals surface area contributed by atoms with Crippen LogP contribution < -0.4 is 15.4 Å². The second-order valence-electron chi connectivity index (χ2n) is 6.27. The van der Waals surface area contributed by atoms with E-state index in [1.54, 1.807) is 12.1 Å². The molecule has 0 fully saturated rings. The van der Waals surface area contributed by atoms with E-state index in [-0.39, 0.29) is 23.9 Å². The highest BCUT2D eigenvalue weighted by atomic mass is 32.2. The Morgan fingerprint density at radius 2 is 1.66 bits per heavy atom. The molecule has 29 heavy (non-hydrogen) atoms. The molecule has 0 saturated heterocycles. The average molecular weight is 433 g/mol. The quantitative estimate of drug-likeness (QED) is 0.496. The minimum Gasteiger partial charge on any atom is -0.348 e. The maximum atomic E-state index is 12.1. The number of nitrogens with one attached hydrogen (secondary N) is 3. The number of aromatic nitrogens is 1. The molecule has 0 bridgehead atoms. The number of nitrogens with zero attached hydrogens (tertiary/aromatic N) is 1. The molecule has 1 heterocycles. The number of para-hydroxylation sites is 1. The van der Waals surface area contributed by atoms with E-state index in [0.29, 0.717) is 0 Å². The van der Waals surface area contributed by atoms with Gasteiger partial charge in [-0.2, -0.15) is 0 Å². The summed E-state index contributed by atoms with van der Waals surface area (Å²) in [6.07, 6.45) is 0. The normalized spacial score (nSPS) is 11.3. The summed E-state index contributed by atoms with van der Waals surface area (Å²) < 4.78 is 27.5. The topological polar surface area (TPSA) is 117 Å². The van der Waals surface area contributed by atoms with Crippen LogP contribution in [0, 0.1) is 6.92 Å². The maximum Gasteiger partial charge on any atom is 0.241 e. The molecule has 3 N–H and O–H groups in total. The van der Waals surface area contributed by atoms with Gasteiger partial charge in [-0.15, -0.1) is 11.3 Å². The molecule has 3 aromatic rings. The minimum absolute atomic E-state index is 0.0736. The Hall–Kier alpha value is -2.82. The van der Waals surface area contributed by atoms with Crippen LogP contribution >= 0.6 is 11.3 Å². The Morgan fingerprint density at radius 3 is 2.38 bits per heavy atom. The Kier molecular flexibility index (Phi) is 6.57. The molecule has 0 aliphatic carbocycles. The number of sulfonamides is 1. The van der Waals surface area contributed by atoms with Crippen LogP contribution in [-0.4, -0.2) is 38.3 Å². The van der Waals surface area contributed by atoms with Crippen molar-refractivity contribution in [3.05, 3.63) is 59.1 Å². The molecule has 0 aliphatic rings. The lowest BCUT2D eigenvalue weighted by Gasteiger charge is -2.08. The van der Waals surface area contributed by atoms with E-state index in [0.717, 1.165) is 20.8 Å². The highest BCUT2D eigenvalue weighted by molar-refractivity contribution is 7.89. The Bertz CT molecular complexity index is 1090. The van der Waals surface area contributed by atoms with Gasteiger partial charge < -0.3 is 10.6 Å². The van der Waals surface area contributed by atoms with Crippen LogP contribution in [0.3, 0.4) is 0 Å². The van der Waals surface area contributed by atoms with E-state index >= 15 is 0 Å². The molecule has 152 valence electrons. The Morgan fingerprint density at radius 1 is 0.966 bits per heavy atom. The molecule has 8 nitrogen and oxygen atoms in total. The fraction of sp³-hybridized carbons (Fsp3) is 0.211. The van der Waals surface area contributed by atoms with Gasteiger partial charge in [0.15, 0.2) is 0 Å². The van der Waals surface area contributed by atoms with Gasteiger partial charge in [-0.25, -0.2) is 18.1 Å². The lowest BCUT2D eigenvalue weighted by atomic mass is 10.2. The molecule has 0 atom stereocenters. The molecule has 2 amide bonds. The lowest BCUT2D eigenvalue weighted by molar-refractivity contribution is -0.125. The second kappa shape index (κ2) is 9.12. The molecule has 0 unspecified atom stereocenters. The number of fused-ring (bicyclic) bond motifs is 1. The van der Waals surface area contributed by atoms with E-state index in [2.05, 4.69) is 20.3 Å². The standard InChI is InChI=1S/C19H20N4O4S2/c1-13-6-8-14(9-7-13)29(26,27)22-11-18(25)20-10-17(24)21-12-19-23-15-4-2-3-5-16(15)28-19/h2-9,22H,10-12H2,1H3,(H,20,25)(H,21,24). The van der Waals surface area contributed by atoms with Crippen LogP contribution in [0.4, 0.5) is 0 Å². The Balaban J connectivity index is 1.41. The number of amides is 2. The van der Waals surface area contributed by atoms with Crippen LogP contribution in [0.15, 0.2) is 53.4 Å². The molecule has 0 radical (unpaired) electrons. The highest BCUT2D eigenvalue weighted by Gasteiger charge is 2.15. The fourth-order valence-electron chi connectivity index (χ4n) is 2.43. The van der Waals surface area contributed by atoms with Crippen molar-refractivity contribution in [1.29, 1.82) is 0 Å². The summed E-state index contributed by atoms with van der Waals surface area (Å²) in [4.78, 5) is 28.2. The molecule has 10 heteroatoms. The maximum absolute atomic E-state index is 12.1. The minimum atomic E-state index is -3.79. The van der Waals surface area contributed by atoms with Crippen LogP contribution in [-0.2, 0) is 26.2 Å². The number of carbonyl (C=O) groups is 2. The van der Waals surface area contributed by atoms with Crippen molar-refractivity contribution in [3.63, 3.8) is 0 Å². The molecule has 0 saturated carbocycles. The summed E-state index contributed by atoms with van der Waals surface area (Å²) in [6.45, 7) is 1.39. The van der Waals surface area contributed by atoms with Gasteiger partial charge in [-0.1, -0.05) is 29.8 Å². The summed E-state index contributed by atoms with van der Waals surface area (Å²) in [5.74, 6) is -0.991. The molecule has 1 aromatic heterocycles. The first-order chi connectivity index (χ1) is 13.8. The summed E-state index contributed by atoms with van der Waals surface area (Å²) in [5, 5.41) is 5.82. The van der Waals surface area contributed by atoms with Gasteiger partial charge in [0.1, 0.15) is 5.01 Å². The van der Waals surface area contributed by atoms with Crippen molar-refractivity contribution in [2.45, 2.75) is 18.4 Å². The van der Waals surface area contributed by atoms with E-state index < -0.39 is 22.5 Å². The first-order valence-corrected chi connectivity index (χ1v) is 11.1. The number of thiazole rings is 1. The number of aryl methyl sites for hydroxylation is 1. The van der Waals surface area contributed by atoms with Gasteiger partial charge in [0.25, 0.3) is 0 Å². The summed E-state index contributed by atoms with van der Waals surface area (Å²) in [6, 6.07) is 13.9. The van der Waals surface area contributed by atoms with Crippen LogP contribution in [0.1, 0.15) is 10.6 Å². The largest absolute Gasteiger partial charge is 0.348 e. The molecule has 3 rings (SSSR count). The first kappa shape index (κ1) is 20.9. The highest BCUT2D eigenvalue weighted by Crippen LogP contribution is 2.21. The summed E-state index contributed by atoms with van der Waals surface area (Å²) >= 11 is 1.48. The number of benzene rings is 2. The first-order valence-electron chi connectivity index (χ1n) is 8.78. The van der Waals surface area contributed by atoms with Crippen LogP contribution in [0.5, 0.6) is 0 Å².